The van der Waals surface area contributed by atoms with Gasteiger partial charge in [0.15, 0.2) is 0 Å². The number of amides is 2. The molecule has 0 bridgehead atoms. The van der Waals surface area contributed by atoms with Crippen molar-refractivity contribution in [2.45, 2.75) is 27.2 Å². The predicted octanol–water partition coefficient (Wildman–Crippen LogP) is 3.37. The van der Waals surface area contributed by atoms with E-state index in [4.69, 9.17) is 0 Å². The molecular weight excluding hydrogens is 288 g/mol. The van der Waals surface area contributed by atoms with Gasteiger partial charge in [-0.15, -0.1) is 0 Å². The quantitative estimate of drug-likeness (QED) is 0.889. The minimum absolute atomic E-state index is 0.108. The summed E-state index contributed by atoms with van der Waals surface area (Å²) in [5, 5.41) is 5.65. The fourth-order valence-electron chi connectivity index (χ4n) is 2.26. The van der Waals surface area contributed by atoms with Crippen LogP contribution in [0.1, 0.15) is 33.5 Å². The van der Waals surface area contributed by atoms with Crippen molar-refractivity contribution in [1.82, 2.24) is 5.32 Å². The number of hydrogen-bond acceptors (Lipinski definition) is 2. The highest BCUT2D eigenvalue weighted by Crippen LogP contribution is 2.16. The van der Waals surface area contributed by atoms with Gasteiger partial charge in [0.25, 0.3) is 5.91 Å². The molecular formula is C19H22N2O2. The lowest BCUT2D eigenvalue weighted by atomic mass is 10.1. The highest BCUT2D eigenvalue weighted by Gasteiger charge is 2.08. The molecule has 2 N–H and O–H groups in total. The van der Waals surface area contributed by atoms with Crippen LogP contribution in [-0.4, -0.2) is 18.4 Å². The second kappa shape index (κ2) is 7.58. The van der Waals surface area contributed by atoms with E-state index in [9.17, 15) is 9.59 Å². The van der Waals surface area contributed by atoms with E-state index >= 15 is 0 Å². The van der Waals surface area contributed by atoms with Gasteiger partial charge in [-0.3, -0.25) is 9.59 Å². The van der Waals surface area contributed by atoms with E-state index in [2.05, 4.69) is 10.6 Å². The Bertz CT molecular complexity index is 723. The number of rotatable bonds is 5. The Labute approximate surface area is 136 Å². The molecule has 4 nitrogen and oxygen atoms in total. The number of carbonyl (C=O) groups is 2. The standard InChI is InChI=1S/C19H22N2O2/c1-13-5-4-6-16(11-13)19(23)20-10-9-18(22)21-17-12-14(2)7-8-15(17)3/h4-8,11-12H,9-10H2,1-3H3,(H,20,23)(H,21,22). The Morgan fingerprint density at radius 1 is 0.957 bits per heavy atom. The third kappa shape index (κ3) is 4.95. The summed E-state index contributed by atoms with van der Waals surface area (Å²) in [5.41, 5.74) is 4.58. The molecule has 2 amide bonds. The first-order valence-electron chi connectivity index (χ1n) is 7.67. The monoisotopic (exact) mass is 310 g/mol. The highest BCUT2D eigenvalue weighted by atomic mass is 16.2. The van der Waals surface area contributed by atoms with E-state index in [0.29, 0.717) is 12.1 Å². The van der Waals surface area contributed by atoms with Gasteiger partial charge in [0.05, 0.1) is 0 Å². The summed E-state index contributed by atoms with van der Waals surface area (Å²) >= 11 is 0. The molecule has 0 heterocycles. The average molecular weight is 310 g/mol. The average Bonchev–Trinajstić information content (AvgIpc) is 2.51. The molecule has 0 aliphatic heterocycles. The van der Waals surface area contributed by atoms with Gasteiger partial charge in [0.1, 0.15) is 0 Å². The normalized spacial score (nSPS) is 10.2. The van der Waals surface area contributed by atoms with Gasteiger partial charge in [-0.25, -0.2) is 0 Å². The summed E-state index contributed by atoms with van der Waals surface area (Å²) in [6.45, 7) is 6.18. The smallest absolute Gasteiger partial charge is 0.251 e. The second-order valence-corrected chi connectivity index (χ2v) is 5.74. The molecule has 2 aromatic rings. The van der Waals surface area contributed by atoms with Gasteiger partial charge in [0.2, 0.25) is 5.91 Å². The number of benzene rings is 2. The molecule has 0 aliphatic rings. The van der Waals surface area contributed by atoms with Gasteiger partial charge in [-0.2, -0.15) is 0 Å². The maximum atomic E-state index is 12.0. The van der Waals surface area contributed by atoms with Gasteiger partial charge in [-0.1, -0.05) is 29.8 Å². The Morgan fingerprint density at radius 3 is 2.43 bits per heavy atom. The van der Waals surface area contributed by atoms with E-state index < -0.39 is 0 Å². The van der Waals surface area contributed by atoms with Crippen LogP contribution in [0.4, 0.5) is 5.69 Å². The third-order valence-corrected chi connectivity index (χ3v) is 3.59. The fourth-order valence-corrected chi connectivity index (χ4v) is 2.26. The lowest BCUT2D eigenvalue weighted by molar-refractivity contribution is -0.116. The third-order valence-electron chi connectivity index (χ3n) is 3.59. The van der Waals surface area contributed by atoms with Crippen LogP contribution in [0.5, 0.6) is 0 Å². The summed E-state index contributed by atoms with van der Waals surface area (Å²) in [6, 6.07) is 13.3. The SMILES string of the molecule is Cc1cccc(C(=O)NCCC(=O)Nc2cc(C)ccc2C)c1. The first-order chi connectivity index (χ1) is 11.0. The first-order valence-corrected chi connectivity index (χ1v) is 7.67. The zero-order valence-electron chi connectivity index (χ0n) is 13.8. The Hall–Kier alpha value is -2.62. The van der Waals surface area contributed by atoms with Crippen molar-refractivity contribution in [1.29, 1.82) is 0 Å². The Morgan fingerprint density at radius 2 is 1.70 bits per heavy atom. The number of aryl methyl sites for hydroxylation is 3. The molecule has 0 fully saturated rings. The lowest BCUT2D eigenvalue weighted by Gasteiger charge is -2.10. The van der Waals surface area contributed by atoms with E-state index in [-0.39, 0.29) is 18.2 Å². The molecule has 2 rings (SSSR count). The zero-order chi connectivity index (χ0) is 16.8. The van der Waals surface area contributed by atoms with Gasteiger partial charge in [-0.05, 0) is 50.1 Å². The summed E-state index contributed by atoms with van der Waals surface area (Å²) in [4.78, 5) is 24.0. The number of hydrogen-bond donors (Lipinski definition) is 2. The topological polar surface area (TPSA) is 58.2 Å². The van der Waals surface area contributed by atoms with Crippen molar-refractivity contribution in [3.63, 3.8) is 0 Å². The molecule has 0 atom stereocenters. The fraction of sp³-hybridized carbons (Fsp3) is 0.263. The molecule has 4 heteroatoms. The van der Waals surface area contributed by atoms with Crippen LogP contribution in [-0.2, 0) is 4.79 Å². The van der Waals surface area contributed by atoms with Crippen molar-refractivity contribution in [2.75, 3.05) is 11.9 Å². The van der Waals surface area contributed by atoms with E-state index in [1.165, 1.54) is 0 Å². The van der Waals surface area contributed by atoms with E-state index in [1.807, 2.05) is 57.2 Å². The molecule has 0 saturated heterocycles. The van der Waals surface area contributed by atoms with E-state index in [0.717, 1.165) is 22.4 Å². The van der Waals surface area contributed by atoms with Crippen molar-refractivity contribution < 1.29 is 9.59 Å². The molecule has 0 saturated carbocycles. The molecule has 0 radical (unpaired) electrons. The van der Waals surface area contributed by atoms with Crippen LogP contribution in [0, 0.1) is 20.8 Å². The molecule has 0 aromatic heterocycles. The molecule has 23 heavy (non-hydrogen) atoms. The second-order valence-electron chi connectivity index (χ2n) is 5.74. The summed E-state index contributed by atoms with van der Waals surface area (Å²) in [7, 11) is 0. The van der Waals surface area contributed by atoms with Crippen LogP contribution in [0.15, 0.2) is 42.5 Å². The van der Waals surface area contributed by atoms with Crippen LogP contribution in [0.25, 0.3) is 0 Å². The van der Waals surface area contributed by atoms with Gasteiger partial charge in [0, 0.05) is 24.2 Å². The maximum Gasteiger partial charge on any atom is 0.251 e. The number of anilines is 1. The van der Waals surface area contributed by atoms with Crippen LogP contribution in [0.3, 0.4) is 0 Å². The molecule has 2 aromatic carbocycles. The predicted molar refractivity (Wildman–Crippen MR) is 92.7 cm³/mol. The molecule has 0 spiro atoms. The van der Waals surface area contributed by atoms with Crippen molar-refractivity contribution in [3.05, 3.63) is 64.7 Å². The lowest BCUT2D eigenvalue weighted by Crippen LogP contribution is -2.27. The van der Waals surface area contributed by atoms with Crippen molar-refractivity contribution in [2.24, 2.45) is 0 Å². The minimum atomic E-state index is -0.159. The Balaban J connectivity index is 1.83. The summed E-state index contributed by atoms with van der Waals surface area (Å²) in [6.07, 6.45) is 0.241. The molecule has 0 aliphatic carbocycles. The van der Waals surface area contributed by atoms with E-state index in [1.54, 1.807) is 6.07 Å². The van der Waals surface area contributed by atoms with Gasteiger partial charge < -0.3 is 10.6 Å². The molecule has 0 unspecified atom stereocenters. The first kappa shape index (κ1) is 16.7. The maximum absolute atomic E-state index is 12.0. The number of carbonyl (C=O) groups excluding carboxylic acids is 2. The number of nitrogens with one attached hydrogen (secondary N) is 2. The van der Waals surface area contributed by atoms with Crippen LogP contribution in [0.2, 0.25) is 0 Å². The van der Waals surface area contributed by atoms with Crippen LogP contribution < -0.4 is 10.6 Å². The highest BCUT2D eigenvalue weighted by molar-refractivity contribution is 5.95. The largest absolute Gasteiger partial charge is 0.352 e. The van der Waals surface area contributed by atoms with Crippen LogP contribution >= 0.6 is 0 Å². The van der Waals surface area contributed by atoms with Crippen molar-refractivity contribution >= 4 is 17.5 Å². The molecule has 120 valence electrons. The zero-order valence-corrected chi connectivity index (χ0v) is 13.8. The minimum Gasteiger partial charge on any atom is -0.352 e. The Kier molecular flexibility index (Phi) is 5.52. The summed E-state index contributed by atoms with van der Waals surface area (Å²) < 4.78 is 0. The van der Waals surface area contributed by atoms with Crippen molar-refractivity contribution in [3.8, 4) is 0 Å². The summed E-state index contributed by atoms with van der Waals surface area (Å²) in [5.74, 6) is -0.267. The van der Waals surface area contributed by atoms with Gasteiger partial charge >= 0.3 is 0 Å².